The third kappa shape index (κ3) is 4.04. The SMILES string of the molecule is CCCNC(COCC1CC1)C1CCOC1. The zero-order valence-electron chi connectivity index (χ0n) is 10.4. The van der Waals surface area contributed by atoms with Gasteiger partial charge in [0.05, 0.1) is 13.2 Å². The summed E-state index contributed by atoms with van der Waals surface area (Å²) in [4.78, 5) is 0. The number of nitrogens with one attached hydrogen (secondary N) is 1. The lowest BCUT2D eigenvalue weighted by atomic mass is 9.99. The highest BCUT2D eigenvalue weighted by molar-refractivity contribution is 4.80. The van der Waals surface area contributed by atoms with Gasteiger partial charge in [-0.05, 0) is 38.1 Å². The molecule has 2 aliphatic rings. The van der Waals surface area contributed by atoms with E-state index in [0.29, 0.717) is 12.0 Å². The van der Waals surface area contributed by atoms with Crippen LogP contribution in [0.3, 0.4) is 0 Å². The number of hydrogen-bond acceptors (Lipinski definition) is 3. The first-order chi connectivity index (χ1) is 7.90. The number of hydrogen-bond donors (Lipinski definition) is 1. The van der Waals surface area contributed by atoms with E-state index in [-0.39, 0.29) is 0 Å². The molecule has 2 atom stereocenters. The van der Waals surface area contributed by atoms with E-state index < -0.39 is 0 Å². The molecule has 1 aliphatic carbocycles. The van der Waals surface area contributed by atoms with Crippen molar-refractivity contribution in [3.05, 3.63) is 0 Å². The standard InChI is InChI=1S/C13H25NO2/c1-2-6-14-13(12-5-7-15-9-12)10-16-8-11-3-4-11/h11-14H,2-10H2,1H3. The normalized spacial score (nSPS) is 27.2. The summed E-state index contributed by atoms with van der Waals surface area (Å²) in [5.41, 5.74) is 0. The van der Waals surface area contributed by atoms with Gasteiger partial charge in [-0.2, -0.15) is 0 Å². The lowest BCUT2D eigenvalue weighted by molar-refractivity contribution is 0.0806. The van der Waals surface area contributed by atoms with E-state index in [4.69, 9.17) is 9.47 Å². The second-order valence-corrected chi connectivity index (χ2v) is 5.17. The second-order valence-electron chi connectivity index (χ2n) is 5.17. The molecule has 0 aromatic carbocycles. The Morgan fingerprint density at radius 3 is 2.88 bits per heavy atom. The topological polar surface area (TPSA) is 30.5 Å². The third-order valence-corrected chi connectivity index (χ3v) is 3.54. The molecular formula is C13H25NO2. The summed E-state index contributed by atoms with van der Waals surface area (Å²) in [6.07, 6.45) is 5.13. The molecule has 1 aliphatic heterocycles. The van der Waals surface area contributed by atoms with Crippen LogP contribution in [0.4, 0.5) is 0 Å². The summed E-state index contributed by atoms with van der Waals surface area (Å²) < 4.78 is 11.3. The Labute approximate surface area is 98.9 Å². The Kier molecular flexibility index (Phi) is 5.07. The Hall–Kier alpha value is -0.120. The van der Waals surface area contributed by atoms with Crippen molar-refractivity contribution in [2.75, 3.05) is 33.0 Å². The van der Waals surface area contributed by atoms with Crippen molar-refractivity contribution in [2.45, 2.75) is 38.6 Å². The fourth-order valence-corrected chi connectivity index (χ4v) is 2.21. The summed E-state index contributed by atoms with van der Waals surface area (Å²) >= 11 is 0. The molecule has 1 saturated heterocycles. The minimum atomic E-state index is 0.501. The van der Waals surface area contributed by atoms with Crippen molar-refractivity contribution in [3.63, 3.8) is 0 Å². The van der Waals surface area contributed by atoms with Gasteiger partial charge in [-0.3, -0.25) is 0 Å². The largest absolute Gasteiger partial charge is 0.381 e. The highest BCUT2D eigenvalue weighted by Gasteiger charge is 2.27. The lowest BCUT2D eigenvalue weighted by Gasteiger charge is -2.23. The highest BCUT2D eigenvalue weighted by Crippen LogP contribution is 2.29. The summed E-state index contributed by atoms with van der Waals surface area (Å²) in [6, 6.07) is 0.501. The monoisotopic (exact) mass is 227 g/mol. The van der Waals surface area contributed by atoms with E-state index in [9.17, 15) is 0 Å². The molecule has 2 rings (SSSR count). The van der Waals surface area contributed by atoms with Gasteiger partial charge >= 0.3 is 0 Å². The summed E-state index contributed by atoms with van der Waals surface area (Å²) in [5, 5.41) is 3.60. The average Bonchev–Trinajstić information content (AvgIpc) is 2.95. The second kappa shape index (κ2) is 6.58. The van der Waals surface area contributed by atoms with Crippen molar-refractivity contribution in [3.8, 4) is 0 Å². The van der Waals surface area contributed by atoms with Crippen LogP contribution in [-0.4, -0.2) is 39.0 Å². The first kappa shape index (κ1) is 12.3. The van der Waals surface area contributed by atoms with Crippen LogP contribution in [0.15, 0.2) is 0 Å². The summed E-state index contributed by atoms with van der Waals surface area (Å²) in [7, 11) is 0. The molecule has 0 aromatic rings. The van der Waals surface area contributed by atoms with Crippen molar-refractivity contribution >= 4 is 0 Å². The maximum absolute atomic E-state index is 5.81. The van der Waals surface area contributed by atoms with Gasteiger partial charge in [-0.1, -0.05) is 6.92 Å². The van der Waals surface area contributed by atoms with E-state index in [1.165, 1.54) is 25.7 Å². The zero-order valence-corrected chi connectivity index (χ0v) is 10.4. The van der Waals surface area contributed by atoms with Crippen molar-refractivity contribution in [2.24, 2.45) is 11.8 Å². The molecule has 94 valence electrons. The van der Waals surface area contributed by atoms with Gasteiger partial charge in [0.15, 0.2) is 0 Å². The summed E-state index contributed by atoms with van der Waals surface area (Å²) in [5.74, 6) is 1.53. The van der Waals surface area contributed by atoms with Crippen LogP contribution in [0.2, 0.25) is 0 Å². The molecule has 0 radical (unpaired) electrons. The first-order valence-corrected chi connectivity index (χ1v) is 6.79. The Morgan fingerprint density at radius 2 is 2.25 bits per heavy atom. The fourth-order valence-electron chi connectivity index (χ4n) is 2.21. The van der Waals surface area contributed by atoms with E-state index in [2.05, 4.69) is 12.2 Å². The van der Waals surface area contributed by atoms with Crippen LogP contribution in [0.25, 0.3) is 0 Å². The van der Waals surface area contributed by atoms with E-state index in [1.54, 1.807) is 0 Å². The molecule has 1 heterocycles. The predicted molar refractivity (Wildman–Crippen MR) is 64.6 cm³/mol. The first-order valence-electron chi connectivity index (χ1n) is 6.79. The predicted octanol–water partition coefficient (Wildman–Crippen LogP) is 1.82. The van der Waals surface area contributed by atoms with Crippen LogP contribution in [0.5, 0.6) is 0 Å². The Morgan fingerprint density at radius 1 is 1.38 bits per heavy atom. The van der Waals surface area contributed by atoms with Crippen LogP contribution in [0, 0.1) is 11.8 Å². The van der Waals surface area contributed by atoms with Gasteiger partial charge in [0, 0.05) is 25.2 Å². The molecule has 1 N–H and O–H groups in total. The van der Waals surface area contributed by atoms with Crippen molar-refractivity contribution < 1.29 is 9.47 Å². The molecule has 1 saturated carbocycles. The zero-order chi connectivity index (χ0) is 11.2. The van der Waals surface area contributed by atoms with Gasteiger partial charge in [-0.25, -0.2) is 0 Å². The molecular weight excluding hydrogens is 202 g/mol. The highest BCUT2D eigenvalue weighted by atomic mass is 16.5. The van der Waals surface area contributed by atoms with Crippen LogP contribution in [0.1, 0.15) is 32.6 Å². The number of rotatable bonds is 8. The Bertz CT molecular complexity index is 188. The third-order valence-electron chi connectivity index (χ3n) is 3.54. The minimum absolute atomic E-state index is 0.501. The van der Waals surface area contributed by atoms with Crippen LogP contribution >= 0.6 is 0 Å². The molecule has 2 unspecified atom stereocenters. The maximum Gasteiger partial charge on any atom is 0.0623 e. The van der Waals surface area contributed by atoms with E-state index >= 15 is 0 Å². The summed E-state index contributed by atoms with van der Waals surface area (Å²) in [6.45, 7) is 6.97. The van der Waals surface area contributed by atoms with E-state index in [0.717, 1.165) is 38.9 Å². The smallest absolute Gasteiger partial charge is 0.0623 e. The van der Waals surface area contributed by atoms with Gasteiger partial charge < -0.3 is 14.8 Å². The minimum Gasteiger partial charge on any atom is -0.381 e. The average molecular weight is 227 g/mol. The molecule has 0 bridgehead atoms. The van der Waals surface area contributed by atoms with Crippen LogP contribution < -0.4 is 5.32 Å². The lowest BCUT2D eigenvalue weighted by Crippen LogP contribution is -2.41. The Balaban J connectivity index is 1.66. The van der Waals surface area contributed by atoms with Gasteiger partial charge in [0.2, 0.25) is 0 Å². The van der Waals surface area contributed by atoms with Gasteiger partial charge in [0.25, 0.3) is 0 Å². The van der Waals surface area contributed by atoms with Crippen molar-refractivity contribution in [1.29, 1.82) is 0 Å². The molecule has 2 fully saturated rings. The van der Waals surface area contributed by atoms with Crippen molar-refractivity contribution in [1.82, 2.24) is 5.32 Å². The van der Waals surface area contributed by atoms with Crippen LogP contribution in [-0.2, 0) is 9.47 Å². The number of ether oxygens (including phenoxy) is 2. The molecule has 0 amide bonds. The molecule has 0 aromatic heterocycles. The quantitative estimate of drug-likeness (QED) is 0.686. The molecule has 16 heavy (non-hydrogen) atoms. The van der Waals surface area contributed by atoms with Gasteiger partial charge in [0.1, 0.15) is 0 Å². The van der Waals surface area contributed by atoms with Gasteiger partial charge in [-0.15, -0.1) is 0 Å². The fraction of sp³-hybridized carbons (Fsp3) is 1.00. The molecule has 0 spiro atoms. The molecule has 3 nitrogen and oxygen atoms in total. The molecule has 3 heteroatoms. The maximum atomic E-state index is 5.81. The van der Waals surface area contributed by atoms with E-state index in [1.807, 2.05) is 0 Å².